The topological polar surface area (TPSA) is 88.1 Å². The average Bonchev–Trinajstić information content (AvgIpc) is 2.77. The number of carbonyl (C=O) groups is 2. The molecule has 2 radical (unpaired) electrons. The quantitative estimate of drug-likeness (QED) is 0.313. The van der Waals surface area contributed by atoms with Crippen molar-refractivity contribution in [1.29, 1.82) is 0 Å². The van der Waals surface area contributed by atoms with Crippen LogP contribution in [0.15, 0.2) is 11.6 Å². The number of piperidine rings is 1. The summed E-state index contributed by atoms with van der Waals surface area (Å²) in [5.74, 6) is 0.423. The van der Waals surface area contributed by atoms with Crippen LogP contribution in [0, 0.1) is 30.1 Å². The SMILES string of the molecule is CCCCNC(=O)OC1CCN(C[C@@H](C)[C@@H]2CC[C@@H](C)[C@]3(O)[C][C@@H](OC(C)=O)C(C)=C[C@H]23)CC1. The maximum absolute atomic E-state index is 11.9. The largest absolute Gasteiger partial charge is 0.457 e. The smallest absolute Gasteiger partial charge is 0.407 e. The van der Waals surface area contributed by atoms with Crippen molar-refractivity contribution in [1.82, 2.24) is 10.2 Å². The van der Waals surface area contributed by atoms with Crippen molar-refractivity contribution in [2.24, 2.45) is 23.7 Å². The Kier molecular flexibility index (Phi) is 9.44. The number of hydrogen-bond acceptors (Lipinski definition) is 6. The number of esters is 1. The van der Waals surface area contributed by atoms with Crippen LogP contribution in [0.1, 0.15) is 73.1 Å². The second-order valence-electron chi connectivity index (χ2n) is 10.7. The number of aliphatic hydroxyl groups is 1. The number of nitrogens with one attached hydrogen (secondary N) is 1. The van der Waals surface area contributed by atoms with Gasteiger partial charge in [0.1, 0.15) is 12.2 Å². The number of ether oxygens (including phenoxy) is 2. The Morgan fingerprint density at radius 3 is 2.62 bits per heavy atom. The molecular formula is C27H44N2O5. The minimum absolute atomic E-state index is 0.0138. The molecule has 7 nitrogen and oxygen atoms in total. The molecule has 3 rings (SSSR count). The molecule has 0 aromatic carbocycles. The van der Waals surface area contributed by atoms with E-state index in [4.69, 9.17) is 9.47 Å². The summed E-state index contributed by atoms with van der Waals surface area (Å²) < 4.78 is 11.0. The average molecular weight is 477 g/mol. The van der Waals surface area contributed by atoms with Gasteiger partial charge in [0.15, 0.2) is 0 Å². The van der Waals surface area contributed by atoms with Crippen LogP contribution < -0.4 is 5.32 Å². The van der Waals surface area contributed by atoms with Gasteiger partial charge in [-0.1, -0.05) is 33.3 Å². The molecule has 0 aromatic heterocycles. The number of amides is 1. The molecule has 7 heteroatoms. The van der Waals surface area contributed by atoms with E-state index in [1.807, 2.05) is 6.92 Å². The Labute approximate surface area is 205 Å². The lowest BCUT2D eigenvalue weighted by atomic mass is 9.57. The van der Waals surface area contributed by atoms with Crippen molar-refractivity contribution in [2.75, 3.05) is 26.2 Å². The Bertz CT molecular complexity index is 733. The summed E-state index contributed by atoms with van der Waals surface area (Å²) in [4.78, 5) is 25.9. The van der Waals surface area contributed by atoms with E-state index in [1.54, 1.807) is 0 Å². The van der Waals surface area contributed by atoms with Crippen LogP contribution in [0.3, 0.4) is 0 Å². The highest BCUT2D eigenvalue weighted by atomic mass is 16.6. The minimum atomic E-state index is -1.08. The zero-order valence-corrected chi connectivity index (χ0v) is 21.6. The third-order valence-corrected chi connectivity index (χ3v) is 8.04. The van der Waals surface area contributed by atoms with Crippen LogP contribution >= 0.6 is 0 Å². The van der Waals surface area contributed by atoms with Gasteiger partial charge >= 0.3 is 12.1 Å². The summed E-state index contributed by atoms with van der Waals surface area (Å²) in [6, 6.07) is 0. The van der Waals surface area contributed by atoms with E-state index in [-0.39, 0.29) is 30.0 Å². The number of rotatable bonds is 8. The number of nitrogens with zero attached hydrogens (tertiary/aromatic N) is 1. The van der Waals surface area contributed by atoms with Gasteiger partial charge in [0, 0.05) is 39.0 Å². The monoisotopic (exact) mass is 476 g/mol. The normalized spacial score (nSPS) is 33.4. The van der Waals surface area contributed by atoms with Gasteiger partial charge in [-0.15, -0.1) is 0 Å². The predicted molar refractivity (Wildman–Crippen MR) is 131 cm³/mol. The first-order chi connectivity index (χ1) is 16.1. The molecule has 0 bridgehead atoms. The highest BCUT2D eigenvalue weighted by Crippen LogP contribution is 2.50. The van der Waals surface area contributed by atoms with E-state index < -0.39 is 11.7 Å². The lowest BCUT2D eigenvalue weighted by molar-refractivity contribution is -0.148. The van der Waals surface area contributed by atoms with Gasteiger partial charge in [-0.3, -0.25) is 4.79 Å². The van der Waals surface area contributed by atoms with Gasteiger partial charge in [0.2, 0.25) is 0 Å². The first-order valence-corrected chi connectivity index (χ1v) is 13.2. The molecule has 34 heavy (non-hydrogen) atoms. The Morgan fingerprint density at radius 2 is 1.97 bits per heavy atom. The Morgan fingerprint density at radius 1 is 1.26 bits per heavy atom. The molecule has 1 heterocycles. The van der Waals surface area contributed by atoms with Crippen LogP contribution in [-0.2, 0) is 14.3 Å². The summed E-state index contributed by atoms with van der Waals surface area (Å²) in [5, 5.41) is 14.5. The van der Waals surface area contributed by atoms with E-state index in [2.05, 4.69) is 43.5 Å². The molecule has 2 aliphatic carbocycles. The molecule has 1 saturated heterocycles. The fourth-order valence-corrected chi connectivity index (χ4v) is 5.92. The first-order valence-electron chi connectivity index (χ1n) is 13.2. The van der Waals surface area contributed by atoms with Crippen molar-refractivity contribution in [3.8, 4) is 0 Å². The lowest BCUT2D eigenvalue weighted by Gasteiger charge is -2.52. The summed E-state index contributed by atoms with van der Waals surface area (Å²) >= 11 is 0. The maximum Gasteiger partial charge on any atom is 0.407 e. The number of likely N-dealkylation sites (tertiary alicyclic amines) is 1. The van der Waals surface area contributed by atoms with E-state index in [0.29, 0.717) is 18.4 Å². The molecule has 0 aromatic rings. The molecule has 1 saturated carbocycles. The van der Waals surface area contributed by atoms with Crippen molar-refractivity contribution in [3.05, 3.63) is 18.1 Å². The van der Waals surface area contributed by atoms with Gasteiger partial charge in [-0.05, 0) is 62.4 Å². The van der Waals surface area contributed by atoms with Crippen LogP contribution in [0.4, 0.5) is 4.79 Å². The Hall–Kier alpha value is -1.60. The number of carbonyl (C=O) groups excluding carboxylic acids is 2. The molecule has 2 N–H and O–H groups in total. The number of hydrogen-bond donors (Lipinski definition) is 2. The summed E-state index contributed by atoms with van der Waals surface area (Å²) in [7, 11) is 0. The molecule has 1 amide bonds. The van der Waals surface area contributed by atoms with Crippen molar-refractivity contribution in [2.45, 2.75) is 91.0 Å². The van der Waals surface area contributed by atoms with Crippen molar-refractivity contribution < 1.29 is 24.2 Å². The number of alkyl carbamates (subject to hydrolysis) is 1. The maximum atomic E-state index is 11.9. The van der Waals surface area contributed by atoms with Crippen LogP contribution in [0.2, 0.25) is 0 Å². The van der Waals surface area contributed by atoms with Crippen LogP contribution in [-0.4, -0.2) is 66.1 Å². The van der Waals surface area contributed by atoms with E-state index >= 15 is 0 Å². The van der Waals surface area contributed by atoms with Gasteiger partial charge < -0.3 is 24.8 Å². The number of fused-ring (bicyclic) bond motifs is 1. The molecule has 3 aliphatic rings. The summed E-state index contributed by atoms with van der Waals surface area (Å²) in [6.45, 7) is 13.3. The lowest BCUT2D eigenvalue weighted by Crippen LogP contribution is -2.57. The Balaban J connectivity index is 1.55. The highest BCUT2D eigenvalue weighted by molar-refractivity contribution is 5.67. The first kappa shape index (κ1) is 27.0. The molecular weight excluding hydrogens is 432 g/mol. The molecule has 0 spiro atoms. The zero-order chi connectivity index (χ0) is 24.9. The predicted octanol–water partition coefficient (Wildman–Crippen LogP) is 3.98. The van der Waals surface area contributed by atoms with Crippen molar-refractivity contribution >= 4 is 12.1 Å². The second kappa shape index (κ2) is 11.9. The van der Waals surface area contributed by atoms with Gasteiger partial charge in [-0.2, -0.15) is 0 Å². The van der Waals surface area contributed by atoms with Gasteiger partial charge in [0.05, 0.1) is 12.0 Å². The highest BCUT2D eigenvalue weighted by Gasteiger charge is 2.53. The van der Waals surface area contributed by atoms with E-state index in [1.165, 1.54) is 6.92 Å². The summed E-state index contributed by atoms with van der Waals surface area (Å²) in [6.07, 6.45) is 10.2. The number of unbranched alkanes of at least 4 members (excludes halogenated alkanes) is 1. The van der Waals surface area contributed by atoms with Gasteiger partial charge in [0.25, 0.3) is 0 Å². The minimum Gasteiger partial charge on any atom is -0.457 e. The van der Waals surface area contributed by atoms with Crippen molar-refractivity contribution in [3.63, 3.8) is 0 Å². The molecule has 6 atom stereocenters. The van der Waals surface area contributed by atoms with E-state index in [9.17, 15) is 14.7 Å². The fourth-order valence-electron chi connectivity index (χ4n) is 5.92. The molecule has 192 valence electrons. The van der Waals surface area contributed by atoms with Crippen LogP contribution in [0.5, 0.6) is 0 Å². The molecule has 1 aliphatic heterocycles. The van der Waals surface area contributed by atoms with E-state index in [0.717, 1.165) is 63.7 Å². The zero-order valence-electron chi connectivity index (χ0n) is 21.6. The van der Waals surface area contributed by atoms with Gasteiger partial charge in [-0.25, -0.2) is 4.79 Å². The van der Waals surface area contributed by atoms with Crippen LogP contribution in [0.25, 0.3) is 0 Å². The summed E-state index contributed by atoms with van der Waals surface area (Å²) in [5.41, 5.74) is -0.130. The standard InChI is InChI=1S/C27H44N2O5/c1-6-7-12-28-26(31)34-22-10-13-29(14-11-22)17-19(3)23-9-8-20(4)27(32)16-25(33-21(5)30)18(2)15-24(23)27/h15,19-20,22-25,32H,6-14,17H2,1-5H3,(H,28,31)/t19-,20-,23+,24-,25-,27-/m1/s1. The fraction of sp³-hybridized carbons (Fsp3) is 0.815. The molecule has 0 unspecified atom stereocenters. The molecule has 2 fully saturated rings. The third-order valence-electron chi connectivity index (χ3n) is 8.04. The second-order valence-corrected chi connectivity index (χ2v) is 10.7. The third kappa shape index (κ3) is 6.54.